The van der Waals surface area contributed by atoms with Gasteiger partial charge in [0, 0.05) is 29.2 Å². The van der Waals surface area contributed by atoms with Crippen LogP contribution in [0, 0.1) is 6.92 Å². The monoisotopic (exact) mass is 443 g/mol. The molecule has 1 saturated heterocycles. The number of hydrogen-bond acceptors (Lipinski definition) is 5. The Morgan fingerprint density at radius 1 is 0.909 bits per heavy atom. The Kier molecular flexibility index (Phi) is 6.99. The van der Waals surface area contributed by atoms with E-state index >= 15 is 0 Å². The Balaban J connectivity index is 1.46. The molecule has 33 heavy (non-hydrogen) atoms. The molecule has 1 atom stereocenters. The van der Waals surface area contributed by atoms with Crippen molar-refractivity contribution in [3.63, 3.8) is 0 Å². The van der Waals surface area contributed by atoms with Crippen LogP contribution in [-0.4, -0.2) is 28.0 Å². The van der Waals surface area contributed by atoms with E-state index in [2.05, 4.69) is 96.7 Å². The van der Waals surface area contributed by atoms with Crippen molar-refractivity contribution in [2.24, 2.45) is 0 Å². The maximum atomic E-state index is 4.74. The third kappa shape index (κ3) is 5.91. The second-order valence-corrected chi connectivity index (χ2v) is 10.2. The van der Waals surface area contributed by atoms with Gasteiger partial charge in [-0.2, -0.15) is 4.98 Å². The van der Waals surface area contributed by atoms with Gasteiger partial charge in [0.25, 0.3) is 0 Å². The quantitative estimate of drug-likeness (QED) is 0.425. The summed E-state index contributed by atoms with van der Waals surface area (Å²) < 4.78 is 0. The SMILES string of the molecule is Cc1cnc(Nc2ccc(C(C)N3CCCCC3)cc2)nc1Nc1cccc(C(C)(C)C)c1. The van der Waals surface area contributed by atoms with Crippen LogP contribution in [0.15, 0.2) is 54.7 Å². The first-order chi connectivity index (χ1) is 15.8. The summed E-state index contributed by atoms with van der Waals surface area (Å²) in [5, 5.41) is 6.84. The van der Waals surface area contributed by atoms with Gasteiger partial charge in [0.1, 0.15) is 5.82 Å². The second kappa shape index (κ2) is 9.92. The highest BCUT2D eigenvalue weighted by molar-refractivity contribution is 5.63. The van der Waals surface area contributed by atoms with E-state index in [-0.39, 0.29) is 5.41 Å². The number of aromatic nitrogens is 2. The molecule has 1 aromatic heterocycles. The van der Waals surface area contributed by atoms with Gasteiger partial charge in [-0.05, 0) is 80.6 Å². The van der Waals surface area contributed by atoms with Gasteiger partial charge in [-0.1, -0.05) is 51.5 Å². The molecule has 0 spiro atoms. The molecule has 2 aromatic carbocycles. The van der Waals surface area contributed by atoms with Gasteiger partial charge in [0.05, 0.1) is 0 Å². The fraction of sp³-hybridized carbons (Fsp3) is 0.429. The summed E-state index contributed by atoms with van der Waals surface area (Å²) >= 11 is 0. The molecule has 1 aliphatic heterocycles. The van der Waals surface area contributed by atoms with Crippen molar-refractivity contribution in [3.05, 3.63) is 71.4 Å². The van der Waals surface area contributed by atoms with E-state index in [1.807, 2.05) is 13.1 Å². The molecule has 0 bridgehead atoms. The standard InChI is InChI=1S/C28H37N5/c1-20-19-29-27(32-26(20)30-25-11-9-10-23(18-25)28(3,4)5)31-24-14-12-22(13-15-24)21(2)33-16-7-6-8-17-33/h9-15,18-19,21H,6-8,16-17H2,1-5H3,(H2,29,30,31,32). The summed E-state index contributed by atoms with van der Waals surface area (Å²) in [4.78, 5) is 11.8. The zero-order chi connectivity index (χ0) is 23.4. The van der Waals surface area contributed by atoms with E-state index in [4.69, 9.17) is 4.98 Å². The van der Waals surface area contributed by atoms with Crippen molar-refractivity contribution in [1.29, 1.82) is 0 Å². The van der Waals surface area contributed by atoms with E-state index in [9.17, 15) is 0 Å². The maximum Gasteiger partial charge on any atom is 0.229 e. The lowest BCUT2D eigenvalue weighted by Crippen LogP contribution is -2.32. The van der Waals surface area contributed by atoms with E-state index in [1.165, 1.54) is 43.5 Å². The predicted octanol–water partition coefficient (Wildman–Crippen LogP) is 7.12. The fourth-order valence-electron chi connectivity index (χ4n) is 4.32. The average molecular weight is 444 g/mol. The van der Waals surface area contributed by atoms with Crippen LogP contribution in [0.2, 0.25) is 0 Å². The molecule has 5 nitrogen and oxygen atoms in total. The molecule has 5 heteroatoms. The molecule has 1 aliphatic rings. The van der Waals surface area contributed by atoms with Crippen molar-refractivity contribution in [2.45, 2.75) is 65.3 Å². The Hall–Kier alpha value is -2.92. The Bertz CT molecular complexity index is 1060. The maximum absolute atomic E-state index is 4.74. The van der Waals surface area contributed by atoms with E-state index in [0.29, 0.717) is 12.0 Å². The van der Waals surface area contributed by atoms with Crippen LogP contribution >= 0.6 is 0 Å². The molecule has 2 heterocycles. The Morgan fingerprint density at radius 3 is 2.33 bits per heavy atom. The van der Waals surface area contributed by atoms with Crippen LogP contribution in [0.1, 0.15) is 69.7 Å². The number of nitrogens with one attached hydrogen (secondary N) is 2. The third-order valence-electron chi connectivity index (χ3n) is 6.55. The molecule has 3 aromatic rings. The largest absolute Gasteiger partial charge is 0.340 e. The van der Waals surface area contributed by atoms with Gasteiger partial charge in [-0.15, -0.1) is 0 Å². The molecule has 0 aliphatic carbocycles. The zero-order valence-electron chi connectivity index (χ0n) is 20.7. The van der Waals surface area contributed by atoms with Crippen molar-refractivity contribution in [3.8, 4) is 0 Å². The first kappa shape index (κ1) is 23.2. The molecule has 1 unspecified atom stereocenters. The predicted molar refractivity (Wildman–Crippen MR) is 139 cm³/mol. The minimum absolute atomic E-state index is 0.1000. The molecular formula is C28H37N5. The molecular weight excluding hydrogens is 406 g/mol. The van der Waals surface area contributed by atoms with Crippen LogP contribution in [0.4, 0.5) is 23.1 Å². The minimum Gasteiger partial charge on any atom is -0.340 e. The van der Waals surface area contributed by atoms with Gasteiger partial charge in [-0.25, -0.2) is 4.98 Å². The van der Waals surface area contributed by atoms with Gasteiger partial charge in [0.15, 0.2) is 0 Å². The molecule has 4 rings (SSSR count). The van der Waals surface area contributed by atoms with Crippen LogP contribution in [0.5, 0.6) is 0 Å². The third-order valence-corrected chi connectivity index (χ3v) is 6.55. The van der Waals surface area contributed by atoms with E-state index in [0.717, 1.165) is 22.8 Å². The number of nitrogens with zero attached hydrogens (tertiary/aromatic N) is 3. The van der Waals surface area contributed by atoms with Gasteiger partial charge in [0.2, 0.25) is 5.95 Å². The lowest BCUT2D eigenvalue weighted by atomic mass is 9.87. The van der Waals surface area contributed by atoms with Crippen LogP contribution < -0.4 is 10.6 Å². The van der Waals surface area contributed by atoms with Crippen molar-refractivity contribution in [1.82, 2.24) is 14.9 Å². The van der Waals surface area contributed by atoms with E-state index < -0.39 is 0 Å². The molecule has 1 fully saturated rings. The molecule has 0 radical (unpaired) electrons. The first-order valence-electron chi connectivity index (χ1n) is 12.1. The zero-order valence-corrected chi connectivity index (χ0v) is 20.7. The first-order valence-corrected chi connectivity index (χ1v) is 12.1. The lowest BCUT2D eigenvalue weighted by molar-refractivity contribution is 0.175. The summed E-state index contributed by atoms with van der Waals surface area (Å²) in [5.74, 6) is 1.40. The van der Waals surface area contributed by atoms with Crippen LogP contribution in [0.3, 0.4) is 0 Å². The highest BCUT2D eigenvalue weighted by Gasteiger charge is 2.18. The highest BCUT2D eigenvalue weighted by atomic mass is 15.2. The summed E-state index contributed by atoms with van der Waals surface area (Å²) in [6.45, 7) is 13.4. The summed E-state index contributed by atoms with van der Waals surface area (Å²) in [6, 6.07) is 17.7. The topological polar surface area (TPSA) is 53.1 Å². The second-order valence-electron chi connectivity index (χ2n) is 10.2. The van der Waals surface area contributed by atoms with Crippen LogP contribution in [0.25, 0.3) is 0 Å². The van der Waals surface area contributed by atoms with Gasteiger partial charge in [-0.3, -0.25) is 4.90 Å². The Labute approximate surface area is 198 Å². The van der Waals surface area contributed by atoms with Gasteiger partial charge < -0.3 is 10.6 Å². The van der Waals surface area contributed by atoms with E-state index in [1.54, 1.807) is 0 Å². The highest BCUT2D eigenvalue weighted by Crippen LogP contribution is 2.28. The number of hydrogen-bond donors (Lipinski definition) is 2. The molecule has 0 saturated carbocycles. The number of aryl methyl sites for hydroxylation is 1. The van der Waals surface area contributed by atoms with Crippen LogP contribution in [-0.2, 0) is 5.41 Å². The number of benzene rings is 2. The Morgan fingerprint density at radius 2 is 1.64 bits per heavy atom. The summed E-state index contributed by atoms with van der Waals surface area (Å²) in [5.41, 5.74) is 5.78. The fourth-order valence-corrected chi connectivity index (χ4v) is 4.32. The van der Waals surface area contributed by atoms with Crippen molar-refractivity contribution in [2.75, 3.05) is 23.7 Å². The average Bonchev–Trinajstić information content (AvgIpc) is 2.81. The normalized spacial score (nSPS) is 15.8. The summed E-state index contributed by atoms with van der Waals surface area (Å²) in [7, 11) is 0. The number of likely N-dealkylation sites (tertiary alicyclic amines) is 1. The molecule has 2 N–H and O–H groups in total. The minimum atomic E-state index is 0.1000. The lowest BCUT2D eigenvalue weighted by Gasteiger charge is -2.32. The smallest absolute Gasteiger partial charge is 0.229 e. The van der Waals surface area contributed by atoms with Gasteiger partial charge >= 0.3 is 0 Å². The summed E-state index contributed by atoms with van der Waals surface area (Å²) in [6.07, 6.45) is 5.84. The number of anilines is 4. The molecule has 174 valence electrons. The molecule has 0 amide bonds. The number of rotatable bonds is 6. The van der Waals surface area contributed by atoms with Crippen molar-refractivity contribution < 1.29 is 0 Å². The number of piperidine rings is 1. The van der Waals surface area contributed by atoms with Crippen molar-refractivity contribution >= 4 is 23.1 Å².